The number of hydrogen-bond acceptors (Lipinski definition) is 1. The fourth-order valence-corrected chi connectivity index (χ4v) is 8.52. The SMILES string of the molecule is CC1=C2C3C(=CC=C3[Si]2(C)C)S1. The highest BCUT2D eigenvalue weighted by molar-refractivity contribution is 8.07. The van der Waals surface area contributed by atoms with Gasteiger partial charge >= 0.3 is 0 Å². The summed E-state index contributed by atoms with van der Waals surface area (Å²) in [5.74, 6) is 0.789. The van der Waals surface area contributed by atoms with Crippen molar-refractivity contribution in [2.75, 3.05) is 0 Å². The Labute approximate surface area is 78.4 Å². The average Bonchev–Trinajstić information content (AvgIpc) is 2.39. The first kappa shape index (κ1) is 7.22. The molecule has 3 rings (SSSR count). The van der Waals surface area contributed by atoms with Crippen LogP contribution >= 0.6 is 11.8 Å². The van der Waals surface area contributed by atoms with Gasteiger partial charge in [-0.25, -0.2) is 0 Å². The van der Waals surface area contributed by atoms with Crippen LogP contribution in [0.15, 0.2) is 32.4 Å². The Balaban J connectivity index is 2.24. The Bertz CT molecular complexity index is 371. The molecule has 2 heteroatoms. The van der Waals surface area contributed by atoms with Crippen molar-refractivity contribution >= 4 is 19.8 Å². The second-order valence-corrected chi connectivity index (χ2v) is 9.97. The molecule has 0 nitrogen and oxygen atoms in total. The first-order valence-corrected chi connectivity index (χ1v) is 8.25. The molecular formula is C10H12SSi. The summed E-state index contributed by atoms with van der Waals surface area (Å²) >= 11 is 2.01. The second-order valence-electron chi connectivity index (χ2n) is 4.32. The highest BCUT2D eigenvalue weighted by Gasteiger charge is 2.55. The smallest absolute Gasteiger partial charge is 0.0988 e. The van der Waals surface area contributed by atoms with Crippen LogP contribution in [-0.2, 0) is 0 Å². The fraction of sp³-hybridized carbons (Fsp3) is 0.400. The van der Waals surface area contributed by atoms with Crippen molar-refractivity contribution in [2.45, 2.75) is 20.0 Å². The highest BCUT2D eigenvalue weighted by Crippen LogP contribution is 2.63. The molecule has 1 atom stereocenters. The molecule has 2 heterocycles. The molecule has 1 saturated heterocycles. The van der Waals surface area contributed by atoms with E-state index >= 15 is 0 Å². The summed E-state index contributed by atoms with van der Waals surface area (Å²) in [6, 6.07) is 0. The van der Waals surface area contributed by atoms with Crippen molar-refractivity contribution in [3.05, 3.63) is 32.4 Å². The van der Waals surface area contributed by atoms with Gasteiger partial charge < -0.3 is 0 Å². The Morgan fingerprint density at radius 1 is 1.33 bits per heavy atom. The number of rotatable bonds is 0. The molecule has 1 fully saturated rings. The van der Waals surface area contributed by atoms with Gasteiger partial charge in [-0.2, -0.15) is 0 Å². The summed E-state index contributed by atoms with van der Waals surface area (Å²) in [5, 5.41) is 3.60. The van der Waals surface area contributed by atoms with Crippen LogP contribution in [0.4, 0.5) is 0 Å². The summed E-state index contributed by atoms with van der Waals surface area (Å²) in [4.78, 5) is 3.21. The van der Waals surface area contributed by atoms with Gasteiger partial charge in [0.05, 0.1) is 0 Å². The Morgan fingerprint density at radius 2 is 2.08 bits per heavy atom. The standard InChI is InChI=1S/C10H12SSi/c1-6-10-9-7(11-6)4-5-8(9)12(10,2)3/h4-5,9H,1-3H3. The maximum atomic E-state index is 2.48. The third-order valence-electron chi connectivity index (χ3n) is 3.36. The van der Waals surface area contributed by atoms with Crippen LogP contribution in [-0.4, -0.2) is 8.07 Å². The van der Waals surface area contributed by atoms with Gasteiger partial charge in [0.15, 0.2) is 0 Å². The molecule has 62 valence electrons. The zero-order valence-electron chi connectivity index (χ0n) is 7.64. The van der Waals surface area contributed by atoms with Gasteiger partial charge in [0.25, 0.3) is 0 Å². The lowest BCUT2D eigenvalue weighted by Gasteiger charge is -2.44. The number of hydrogen-bond donors (Lipinski definition) is 0. The Morgan fingerprint density at radius 3 is 2.83 bits per heavy atom. The molecule has 0 bridgehead atoms. The van der Waals surface area contributed by atoms with Crippen molar-refractivity contribution in [2.24, 2.45) is 5.92 Å². The van der Waals surface area contributed by atoms with Crippen molar-refractivity contribution in [3.63, 3.8) is 0 Å². The largest absolute Gasteiger partial charge is 0.106 e. The lowest BCUT2D eigenvalue weighted by atomic mass is 10.1. The topological polar surface area (TPSA) is 0 Å². The van der Waals surface area contributed by atoms with E-state index in [1.165, 1.54) is 0 Å². The predicted octanol–water partition coefficient (Wildman–Crippen LogP) is 3.25. The van der Waals surface area contributed by atoms with Crippen molar-refractivity contribution in [3.8, 4) is 0 Å². The molecule has 0 aromatic carbocycles. The van der Waals surface area contributed by atoms with Crippen LogP contribution in [0, 0.1) is 5.92 Å². The predicted molar refractivity (Wildman–Crippen MR) is 57.4 cm³/mol. The molecule has 0 amide bonds. The van der Waals surface area contributed by atoms with E-state index in [1.807, 2.05) is 17.0 Å². The van der Waals surface area contributed by atoms with Gasteiger partial charge in [-0.3, -0.25) is 0 Å². The molecule has 0 saturated carbocycles. The second kappa shape index (κ2) is 1.83. The van der Waals surface area contributed by atoms with Crippen LogP contribution in [0.1, 0.15) is 6.92 Å². The Hall–Kier alpha value is -0.213. The van der Waals surface area contributed by atoms with Crippen LogP contribution in [0.3, 0.4) is 0 Å². The molecule has 0 N–H and O–H groups in total. The summed E-state index contributed by atoms with van der Waals surface area (Å²) in [6.45, 7) is 7.26. The van der Waals surface area contributed by atoms with Crippen LogP contribution in [0.2, 0.25) is 13.1 Å². The first-order valence-electron chi connectivity index (χ1n) is 4.43. The monoisotopic (exact) mass is 192 g/mol. The van der Waals surface area contributed by atoms with Gasteiger partial charge in [-0.1, -0.05) is 47.4 Å². The number of thioether (sulfide) groups is 1. The van der Waals surface area contributed by atoms with Crippen molar-refractivity contribution in [1.82, 2.24) is 0 Å². The van der Waals surface area contributed by atoms with E-state index in [1.54, 1.807) is 15.0 Å². The van der Waals surface area contributed by atoms with E-state index < -0.39 is 8.07 Å². The minimum atomic E-state index is -1.06. The summed E-state index contributed by atoms with van der Waals surface area (Å²) in [6.07, 6.45) is 4.72. The molecule has 12 heavy (non-hydrogen) atoms. The molecule has 0 radical (unpaired) electrons. The number of allylic oxidation sites excluding steroid dienone is 6. The van der Waals surface area contributed by atoms with Gasteiger partial charge in [0, 0.05) is 5.92 Å². The fourth-order valence-electron chi connectivity index (χ4n) is 2.79. The molecule has 1 unspecified atom stereocenters. The molecule has 3 aliphatic rings. The van der Waals surface area contributed by atoms with E-state index in [0.29, 0.717) is 0 Å². The minimum absolute atomic E-state index is 0.789. The zero-order valence-corrected chi connectivity index (χ0v) is 9.46. The lowest BCUT2D eigenvalue weighted by Crippen LogP contribution is -2.48. The highest BCUT2D eigenvalue weighted by atomic mass is 32.2. The molecule has 0 spiro atoms. The van der Waals surface area contributed by atoms with Gasteiger partial charge in [0.1, 0.15) is 8.07 Å². The quantitative estimate of drug-likeness (QED) is 0.531. The van der Waals surface area contributed by atoms with Crippen molar-refractivity contribution < 1.29 is 0 Å². The van der Waals surface area contributed by atoms with Gasteiger partial charge in [-0.05, 0) is 16.7 Å². The van der Waals surface area contributed by atoms with E-state index in [-0.39, 0.29) is 0 Å². The molecule has 2 aliphatic heterocycles. The first-order chi connectivity index (χ1) is 5.62. The van der Waals surface area contributed by atoms with E-state index in [9.17, 15) is 0 Å². The maximum Gasteiger partial charge on any atom is 0.106 e. The summed E-state index contributed by atoms with van der Waals surface area (Å²) in [7, 11) is -1.06. The van der Waals surface area contributed by atoms with E-state index in [4.69, 9.17) is 0 Å². The molecule has 1 aliphatic carbocycles. The normalized spacial score (nSPS) is 34.4. The maximum absolute atomic E-state index is 2.48. The van der Waals surface area contributed by atoms with Crippen LogP contribution < -0.4 is 0 Å². The third-order valence-corrected chi connectivity index (χ3v) is 8.58. The lowest BCUT2D eigenvalue weighted by molar-refractivity contribution is 0.931. The average molecular weight is 192 g/mol. The van der Waals surface area contributed by atoms with E-state index in [0.717, 1.165) is 5.92 Å². The Kier molecular flexibility index (Phi) is 1.10. The van der Waals surface area contributed by atoms with Crippen molar-refractivity contribution in [1.29, 1.82) is 0 Å². The third kappa shape index (κ3) is 0.558. The molecule has 0 aromatic rings. The molecular weight excluding hydrogens is 180 g/mol. The molecule has 0 aromatic heterocycles. The zero-order chi connectivity index (χ0) is 8.51. The van der Waals surface area contributed by atoms with Crippen LogP contribution in [0.25, 0.3) is 0 Å². The van der Waals surface area contributed by atoms with Gasteiger partial charge in [0.2, 0.25) is 0 Å². The minimum Gasteiger partial charge on any atom is -0.0988 e. The summed E-state index contributed by atoms with van der Waals surface area (Å²) < 4.78 is 0. The van der Waals surface area contributed by atoms with E-state index in [2.05, 4.69) is 32.2 Å². The van der Waals surface area contributed by atoms with Crippen LogP contribution in [0.5, 0.6) is 0 Å². The summed E-state index contributed by atoms with van der Waals surface area (Å²) in [5.41, 5.74) is 0. The van der Waals surface area contributed by atoms with Gasteiger partial charge in [-0.15, -0.1) is 0 Å².